The van der Waals surface area contributed by atoms with Gasteiger partial charge in [-0.05, 0) is 48.9 Å². The van der Waals surface area contributed by atoms with E-state index in [1.807, 2.05) is 4.90 Å². The minimum absolute atomic E-state index is 0.330. The highest BCUT2D eigenvalue weighted by Gasteiger charge is 2.17. The molecule has 2 aliphatic rings. The van der Waals surface area contributed by atoms with Crippen molar-refractivity contribution in [2.75, 3.05) is 19.6 Å². The molecule has 3 heteroatoms. The van der Waals surface area contributed by atoms with Crippen LogP contribution in [-0.4, -0.2) is 30.4 Å². The van der Waals surface area contributed by atoms with Gasteiger partial charge in [-0.3, -0.25) is 4.79 Å². The summed E-state index contributed by atoms with van der Waals surface area (Å²) in [6.07, 6.45) is 5.02. The van der Waals surface area contributed by atoms with Crippen LogP contribution < -0.4 is 5.32 Å². The third kappa shape index (κ3) is 2.98. The molecule has 3 rings (SSSR count). The topological polar surface area (TPSA) is 32.3 Å². The molecule has 2 heterocycles. The first-order chi connectivity index (χ1) is 9.33. The second-order valence-electron chi connectivity index (χ2n) is 5.62. The molecule has 1 saturated heterocycles. The molecule has 1 N–H and O–H groups in total. The fourth-order valence-electron chi connectivity index (χ4n) is 3.06. The Balaban J connectivity index is 1.59. The van der Waals surface area contributed by atoms with Crippen molar-refractivity contribution >= 4 is 5.91 Å². The lowest BCUT2D eigenvalue weighted by molar-refractivity contribution is -0.130. The van der Waals surface area contributed by atoms with Crippen LogP contribution in [0, 0.1) is 0 Å². The molecule has 0 radical (unpaired) electrons. The van der Waals surface area contributed by atoms with E-state index in [1.54, 1.807) is 0 Å². The normalized spacial score (nSPS) is 18.4. The predicted octanol–water partition coefficient (Wildman–Crippen LogP) is 1.89. The average Bonchev–Trinajstić information content (AvgIpc) is 2.99. The van der Waals surface area contributed by atoms with Crippen molar-refractivity contribution in [3.63, 3.8) is 0 Å². The van der Waals surface area contributed by atoms with Crippen molar-refractivity contribution in [1.82, 2.24) is 10.2 Å². The van der Waals surface area contributed by atoms with Gasteiger partial charge in [0.25, 0.3) is 0 Å². The molecule has 0 spiro atoms. The molecule has 0 aliphatic carbocycles. The molecule has 2 aliphatic heterocycles. The first-order valence-electron chi connectivity index (χ1n) is 7.42. The summed E-state index contributed by atoms with van der Waals surface area (Å²) >= 11 is 0. The van der Waals surface area contributed by atoms with Crippen molar-refractivity contribution in [2.24, 2.45) is 0 Å². The van der Waals surface area contributed by atoms with E-state index >= 15 is 0 Å². The smallest absolute Gasteiger partial charge is 0.222 e. The highest BCUT2D eigenvalue weighted by molar-refractivity contribution is 5.76. The summed E-state index contributed by atoms with van der Waals surface area (Å²) < 4.78 is 0. The molecule has 1 amide bonds. The molecular formula is C16H22N2O. The molecule has 0 atom stereocenters. The van der Waals surface area contributed by atoms with Crippen molar-refractivity contribution in [1.29, 1.82) is 0 Å². The van der Waals surface area contributed by atoms with Gasteiger partial charge in [0.2, 0.25) is 5.91 Å². The fourth-order valence-corrected chi connectivity index (χ4v) is 3.06. The van der Waals surface area contributed by atoms with Gasteiger partial charge in [-0.2, -0.15) is 0 Å². The number of fused-ring (bicyclic) bond motifs is 1. The molecular weight excluding hydrogens is 236 g/mol. The van der Waals surface area contributed by atoms with Gasteiger partial charge in [-0.15, -0.1) is 0 Å². The van der Waals surface area contributed by atoms with Crippen LogP contribution in [0.1, 0.15) is 36.0 Å². The van der Waals surface area contributed by atoms with E-state index in [-0.39, 0.29) is 0 Å². The first-order valence-corrected chi connectivity index (χ1v) is 7.42. The SMILES string of the molecule is O=C(CCc1ccc2c(c1)CCNC2)N1CCCC1. The summed E-state index contributed by atoms with van der Waals surface area (Å²) in [5.41, 5.74) is 4.19. The third-order valence-electron chi connectivity index (χ3n) is 4.24. The molecule has 19 heavy (non-hydrogen) atoms. The average molecular weight is 258 g/mol. The lowest BCUT2D eigenvalue weighted by Crippen LogP contribution is -2.27. The zero-order valence-electron chi connectivity index (χ0n) is 11.5. The van der Waals surface area contributed by atoms with Crippen LogP contribution in [0.2, 0.25) is 0 Å². The van der Waals surface area contributed by atoms with Crippen LogP contribution in [0.15, 0.2) is 18.2 Å². The Bertz CT molecular complexity index is 464. The summed E-state index contributed by atoms with van der Waals surface area (Å²) in [4.78, 5) is 14.0. The minimum atomic E-state index is 0.330. The number of hydrogen-bond acceptors (Lipinski definition) is 2. The predicted molar refractivity (Wildman–Crippen MR) is 76.0 cm³/mol. The summed E-state index contributed by atoms with van der Waals surface area (Å²) in [7, 11) is 0. The zero-order chi connectivity index (χ0) is 13.1. The van der Waals surface area contributed by atoms with Gasteiger partial charge >= 0.3 is 0 Å². The summed E-state index contributed by atoms with van der Waals surface area (Å²) in [6.45, 7) is 3.99. The van der Waals surface area contributed by atoms with Gasteiger partial charge in [0.1, 0.15) is 0 Å². The summed E-state index contributed by atoms with van der Waals surface area (Å²) in [5, 5.41) is 3.39. The second-order valence-corrected chi connectivity index (χ2v) is 5.62. The van der Waals surface area contributed by atoms with Crippen molar-refractivity contribution in [3.05, 3.63) is 34.9 Å². The molecule has 102 valence electrons. The molecule has 0 bridgehead atoms. The number of carbonyl (C=O) groups is 1. The van der Waals surface area contributed by atoms with Crippen LogP contribution >= 0.6 is 0 Å². The Morgan fingerprint density at radius 2 is 2.05 bits per heavy atom. The van der Waals surface area contributed by atoms with E-state index < -0.39 is 0 Å². The van der Waals surface area contributed by atoms with Crippen molar-refractivity contribution in [3.8, 4) is 0 Å². The molecule has 0 unspecified atom stereocenters. The van der Waals surface area contributed by atoms with Crippen molar-refractivity contribution < 1.29 is 4.79 Å². The zero-order valence-corrected chi connectivity index (χ0v) is 11.5. The van der Waals surface area contributed by atoms with E-state index in [0.29, 0.717) is 12.3 Å². The molecule has 1 aromatic rings. The Morgan fingerprint density at radius 1 is 1.21 bits per heavy atom. The number of aryl methyl sites for hydroxylation is 1. The quantitative estimate of drug-likeness (QED) is 0.898. The van der Waals surface area contributed by atoms with Crippen LogP contribution in [0.4, 0.5) is 0 Å². The van der Waals surface area contributed by atoms with Gasteiger partial charge in [-0.1, -0.05) is 18.2 Å². The van der Waals surface area contributed by atoms with Crippen LogP contribution in [0.25, 0.3) is 0 Å². The van der Waals surface area contributed by atoms with Gasteiger partial charge in [-0.25, -0.2) is 0 Å². The number of benzene rings is 1. The minimum Gasteiger partial charge on any atom is -0.343 e. The van der Waals surface area contributed by atoms with Crippen LogP contribution in [0.5, 0.6) is 0 Å². The second kappa shape index (κ2) is 5.74. The van der Waals surface area contributed by atoms with Gasteiger partial charge in [0.05, 0.1) is 0 Å². The summed E-state index contributed by atoms with van der Waals surface area (Å²) in [6, 6.07) is 6.70. The standard InChI is InChI=1S/C16H22N2O/c19-16(18-9-1-2-10-18)6-4-13-3-5-15-12-17-8-7-14(15)11-13/h3,5,11,17H,1-2,4,6-10,12H2. The van der Waals surface area contributed by atoms with E-state index in [0.717, 1.165) is 39.0 Å². The number of amides is 1. The number of rotatable bonds is 3. The third-order valence-corrected chi connectivity index (χ3v) is 4.24. The molecule has 0 aromatic heterocycles. The number of nitrogens with zero attached hydrogens (tertiary/aromatic N) is 1. The van der Waals surface area contributed by atoms with E-state index in [2.05, 4.69) is 23.5 Å². The maximum absolute atomic E-state index is 12.0. The highest BCUT2D eigenvalue weighted by Crippen LogP contribution is 2.17. The maximum atomic E-state index is 12.0. The number of nitrogens with one attached hydrogen (secondary N) is 1. The Kier molecular flexibility index (Phi) is 3.83. The van der Waals surface area contributed by atoms with E-state index in [1.165, 1.54) is 29.5 Å². The lowest BCUT2D eigenvalue weighted by atomic mass is 9.97. The van der Waals surface area contributed by atoms with Gasteiger partial charge in [0.15, 0.2) is 0 Å². The van der Waals surface area contributed by atoms with Crippen LogP contribution in [-0.2, 0) is 24.2 Å². The molecule has 1 fully saturated rings. The molecule has 0 saturated carbocycles. The largest absolute Gasteiger partial charge is 0.343 e. The van der Waals surface area contributed by atoms with Gasteiger partial charge in [0, 0.05) is 26.1 Å². The first kappa shape index (κ1) is 12.7. The van der Waals surface area contributed by atoms with Crippen LogP contribution in [0.3, 0.4) is 0 Å². The van der Waals surface area contributed by atoms with E-state index in [4.69, 9.17) is 0 Å². The number of likely N-dealkylation sites (tertiary alicyclic amines) is 1. The monoisotopic (exact) mass is 258 g/mol. The molecule has 3 nitrogen and oxygen atoms in total. The number of carbonyl (C=O) groups excluding carboxylic acids is 1. The maximum Gasteiger partial charge on any atom is 0.222 e. The lowest BCUT2D eigenvalue weighted by Gasteiger charge is -2.18. The van der Waals surface area contributed by atoms with Gasteiger partial charge < -0.3 is 10.2 Å². The summed E-state index contributed by atoms with van der Waals surface area (Å²) in [5.74, 6) is 0.330. The Hall–Kier alpha value is -1.35. The number of hydrogen-bond donors (Lipinski definition) is 1. The Labute approximate surface area is 115 Å². The molecule has 1 aromatic carbocycles. The fraction of sp³-hybridized carbons (Fsp3) is 0.562. The Morgan fingerprint density at radius 3 is 2.89 bits per heavy atom. The van der Waals surface area contributed by atoms with Crippen molar-refractivity contribution in [2.45, 2.75) is 38.6 Å². The van der Waals surface area contributed by atoms with E-state index in [9.17, 15) is 4.79 Å². The highest BCUT2D eigenvalue weighted by atomic mass is 16.2.